The Balaban J connectivity index is -0.000000296. The first-order valence-electron chi connectivity index (χ1n) is 18.1. The van der Waals surface area contributed by atoms with E-state index < -0.39 is 20.8 Å². The smallest absolute Gasteiger partial charge is 0.0786 e. The summed E-state index contributed by atoms with van der Waals surface area (Å²) >= 11 is 0. The molecule has 0 saturated carbocycles. The minimum absolute atomic E-state index is 1.11. The average Bonchev–Trinajstić information content (AvgIpc) is 2.98. The molecule has 0 aromatic heterocycles. The molecule has 0 bridgehead atoms. The molecule has 0 amide bonds. The van der Waals surface area contributed by atoms with Crippen LogP contribution in [0.1, 0.15) is 144 Å². The zero-order valence-corrected chi connectivity index (χ0v) is 32.4. The lowest BCUT2D eigenvalue weighted by atomic mass is 10.1. The molecule has 0 spiro atoms. The van der Waals surface area contributed by atoms with Gasteiger partial charge in [0.15, 0.2) is 0 Å². The third kappa shape index (κ3) is 45.7. The van der Waals surface area contributed by atoms with Crippen LogP contribution in [0, 0.1) is 0 Å². The number of rotatable bonds is 26. The Labute approximate surface area is 285 Å². The minimum atomic E-state index is -5.17. The van der Waals surface area contributed by atoms with Crippen molar-refractivity contribution in [2.24, 2.45) is 0 Å². The molecule has 0 fully saturated rings. The van der Waals surface area contributed by atoms with E-state index in [1.54, 1.807) is 0 Å². The number of hydrogen-bond donors (Lipinski definition) is 2. The van der Waals surface area contributed by atoms with E-state index in [0.717, 1.165) is 13.1 Å². The summed E-state index contributed by atoms with van der Waals surface area (Å²) in [6.07, 6.45) is 22.0. The van der Waals surface area contributed by atoms with Crippen molar-refractivity contribution >= 4 is 20.8 Å². The Hall–Kier alpha value is -0.420. The van der Waals surface area contributed by atoms with Crippen LogP contribution in [0.25, 0.3) is 0 Å². The van der Waals surface area contributed by atoms with Gasteiger partial charge in [-0.15, -0.1) is 0 Å². The zero-order valence-electron chi connectivity index (χ0n) is 30.8. The highest BCUT2D eigenvalue weighted by Gasteiger charge is 2.24. The molecule has 0 aliphatic heterocycles. The number of quaternary nitrogens is 4. The molecular weight excluding hydrogens is 633 g/mol. The van der Waals surface area contributed by atoms with Gasteiger partial charge in [-0.25, -0.2) is 0 Å². The Morgan fingerprint density at radius 3 is 0.761 bits per heavy atom. The monoisotopic (exact) mass is 709 g/mol. The summed E-state index contributed by atoms with van der Waals surface area (Å²) in [6, 6.07) is 0. The molecule has 0 aliphatic rings. The van der Waals surface area contributed by atoms with Crippen LogP contribution in [-0.4, -0.2) is 109 Å². The molecule has 0 radical (unpaired) electrons. The Morgan fingerprint density at radius 1 is 0.391 bits per heavy atom. The van der Waals surface area contributed by atoms with Crippen LogP contribution in [0.5, 0.6) is 0 Å². The number of hydrogen-bond acceptors (Lipinski definition) is 8. The van der Waals surface area contributed by atoms with Crippen LogP contribution in [0.3, 0.4) is 0 Å². The molecule has 0 aromatic carbocycles. The molecule has 12 nitrogen and oxygen atoms in total. The molecule has 0 rings (SSSR count). The Morgan fingerprint density at radius 2 is 0.587 bits per heavy atom. The molecular formula is C32H76N4O8S2. The maximum absolute atomic E-state index is 8.52. The van der Waals surface area contributed by atoms with Crippen LogP contribution in [0.15, 0.2) is 0 Å². The third-order valence-corrected chi connectivity index (χ3v) is 8.55. The van der Waals surface area contributed by atoms with Crippen molar-refractivity contribution in [3.63, 3.8) is 0 Å². The van der Waals surface area contributed by atoms with Crippen LogP contribution in [-0.2, 0) is 20.8 Å². The van der Waals surface area contributed by atoms with Crippen LogP contribution >= 0.6 is 0 Å². The first-order valence-corrected chi connectivity index (χ1v) is 20.8. The van der Waals surface area contributed by atoms with E-state index in [0.29, 0.717) is 0 Å². The van der Waals surface area contributed by atoms with Crippen molar-refractivity contribution in [3.05, 3.63) is 0 Å². The summed E-state index contributed by atoms with van der Waals surface area (Å²) in [4.78, 5) is 0. The van der Waals surface area contributed by atoms with Crippen molar-refractivity contribution < 1.29 is 55.5 Å². The molecule has 0 heterocycles. The van der Waals surface area contributed by atoms with Gasteiger partial charge in [-0.3, -0.25) is 16.8 Å². The molecule has 6 N–H and O–H groups in total. The molecule has 0 aliphatic carbocycles. The van der Waals surface area contributed by atoms with E-state index in [4.69, 9.17) is 35.0 Å². The van der Waals surface area contributed by atoms with E-state index >= 15 is 0 Å². The van der Waals surface area contributed by atoms with Crippen molar-refractivity contribution in [2.75, 3.05) is 65.4 Å². The molecule has 0 atom stereocenters. The number of nitrogens with zero attached hydrogens (tertiary/aromatic N) is 2. The van der Waals surface area contributed by atoms with E-state index in [-0.39, 0.29) is 0 Å². The Kier molecular flexibility index (Phi) is 39.2. The topological polar surface area (TPSA) is 216 Å². The predicted octanol–water partition coefficient (Wildman–Crippen LogP) is 3.78. The highest BCUT2D eigenvalue weighted by Crippen LogP contribution is 2.16. The lowest BCUT2D eigenvalue weighted by Gasteiger charge is -2.38. The molecule has 0 aromatic rings. The van der Waals surface area contributed by atoms with Gasteiger partial charge in [-0.1, -0.05) is 53.4 Å². The lowest BCUT2D eigenvalue weighted by Crippen LogP contribution is -2.50. The van der Waals surface area contributed by atoms with Gasteiger partial charge >= 0.3 is 0 Å². The minimum Gasteiger partial charge on any atom is -0.759 e. The lowest BCUT2D eigenvalue weighted by molar-refractivity contribution is -0.927. The van der Waals surface area contributed by atoms with Crippen molar-refractivity contribution in [2.45, 2.75) is 144 Å². The van der Waals surface area contributed by atoms with Gasteiger partial charge in [0.25, 0.3) is 0 Å². The van der Waals surface area contributed by atoms with E-state index in [9.17, 15) is 0 Å². The quantitative estimate of drug-likeness (QED) is 0.0582. The highest BCUT2D eigenvalue weighted by molar-refractivity contribution is 7.79. The summed E-state index contributed by atoms with van der Waals surface area (Å²) in [5, 5.41) is 0. The van der Waals surface area contributed by atoms with E-state index in [1.807, 2.05) is 0 Å². The maximum atomic E-state index is 8.52. The first kappa shape index (κ1) is 52.4. The molecule has 284 valence electrons. The van der Waals surface area contributed by atoms with Gasteiger partial charge in [0.1, 0.15) is 0 Å². The van der Waals surface area contributed by atoms with Crippen LogP contribution in [0.2, 0.25) is 0 Å². The molecule has 14 heteroatoms. The summed E-state index contributed by atoms with van der Waals surface area (Å²) < 4.78 is 70.9. The summed E-state index contributed by atoms with van der Waals surface area (Å²) in [6.45, 7) is 27.4. The Bertz CT molecular complexity index is 732. The zero-order chi connectivity index (χ0) is 36.4. The largest absolute Gasteiger partial charge is 0.759 e. The van der Waals surface area contributed by atoms with Crippen molar-refractivity contribution in [1.29, 1.82) is 0 Å². The van der Waals surface area contributed by atoms with Crippen LogP contribution < -0.4 is 11.5 Å². The average molecular weight is 709 g/mol. The molecule has 46 heavy (non-hydrogen) atoms. The second kappa shape index (κ2) is 34.4. The van der Waals surface area contributed by atoms with E-state index in [2.05, 4.69) is 53.0 Å². The van der Waals surface area contributed by atoms with Crippen LogP contribution in [0.4, 0.5) is 0 Å². The van der Waals surface area contributed by atoms with Gasteiger partial charge in [-0.05, 0) is 90.9 Å². The number of unbranched alkanes of at least 4 members (excludes halogenated alkanes) is 10. The van der Waals surface area contributed by atoms with Gasteiger partial charge < -0.3 is 38.6 Å². The summed E-state index contributed by atoms with van der Waals surface area (Å²) in [5.41, 5.74) is 7.85. The fourth-order valence-corrected chi connectivity index (χ4v) is 5.55. The van der Waals surface area contributed by atoms with Gasteiger partial charge in [0.2, 0.25) is 0 Å². The highest BCUT2D eigenvalue weighted by atomic mass is 32.3. The summed E-state index contributed by atoms with van der Waals surface area (Å²) in [7, 11) is -10.3. The normalized spacial score (nSPS) is 11.9. The second-order valence-corrected chi connectivity index (χ2v) is 14.1. The SMILES string of the molecule is CCCC[N+](CC)(CCCC)CCCCCC[NH3+].CCCC[N+](CC)(CCCC)CCCCCC[NH3+].O=S(=O)([O-])[O-].O=S(=O)([O-])[O-]. The molecule has 0 saturated heterocycles. The maximum Gasteiger partial charge on any atom is 0.0786 e. The van der Waals surface area contributed by atoms with Crippen molar-refractivity contribution in [3.8, 4) is 0 Å². The fraction of sp³-hybridized carbons (Fsp3) is 1.00. The first-order chi connectivity index (χ1) is 21.5. The predicted molar refractivity (Wildman–Crippen MR) is 184 cm³/mol. The van der Waals surface area contributed by atoms with Crippen molar-refractivity contribution in [1.82, 2.24) is 0 Å². The molecule has 0 unspecified atom stereocenters. The standard InChI is InChI=1S/2C16H37N2.2H2O4S/c2*1-4-7-14-18(6-3,15-8-5-2)16-12-10-9-11-13-17;2*1-5(2,3)4/h2*4-17H2,1-3H3;2*(H2,1,2,3,4)/q2*+1;;/p-2. The summed E-state index contributed by atoms with van der Waals surface area (Å²) in [5.74, 6) is 0. The van der Waals surface area contributed by atoms with E-state index in [1.165, 1.54) is 164 Å². The fourth-order valence-electron chi connectivity index (χ4n) is 5.55. The third-order valence-electron chi connectivity index (χ3n) is 8.55. The van der Waals surface area contributed by atoms with Gasteiger partial charge in [-0.2, -0.15) is 0 Å². The second-order valence-electron chi connectivity index (χ2n) is 12.4. The van der Waals surface area contributed by atoms with Gasteiger partial charge in [0, 0.05) is 20.8 Å². The van der Waals surface area contributed by atoms with Gasteiger partial charge in [0.05, 0.1) is 65.4 Å².